The second-order valence-corrected chi connectivity index (χ2v) is 4.80. The first-order valence-corrected chi connectivity index (χ1v) is 6.88. The summed E-state index contributed by atoms with van der Waals surface area (Å²) in [7, 11) is 0. The minimum absolute atomic E-state index is 0.567. The Kier molecular flexibility index (Phi) is 6.47. The molecule has 0 aliphatic carbocycles. The SMILES string of the molecule is CCCNc1nc(C)cc(OCC(C)CCC)n1. The number of aryl methyl sites for hydroxylation is 1. The molecule has 0 aliphatic rings. The molecule has 1 heterocycles. The number of hydrogen-bond donors (Lipinski definition) is 1. The van der Waals surface area contributed by atoms with Gasteiger partial charge < -0.3 is 10.1 Å². The predicted molar refractivity (Wildman–Crippen MR) is 75.1 cm³/mol. The zero-order valence-corrected chi connectivity index (χ0v) is 12.0. The van der Waals surface area contributed by atoms with Crippen LogP contribution in [0.3, 0.4) is 0 Å². The lowest BCUT2D eigenvalue weighted by atomic mass is 10.1. The van der Waals surface area contributed by atoms with Crippen molar-refractivity contribution >= 4 is 5.95 Å². The summed E-state index contributed by atoms with van der Waals surface area (Å²) in [4.78, 5) is 8.69. The highest BCUT2D eigenvalue weighted by atomic mass is 16.5. The Balaban J connectivity index is 2.56. The van der Waals surface area contributed by atoms with Gasteiger partial charge in [-0.1, -0.05) is 27.2 Å². The highest BCUT2D eigenvalue weighted by molar-refractivity contribution is 5.30. The molecular formula is C14H25N3O. The number of nitrogens with one attached hydrogen (secondary N) is 1. The second-order valence-electron chi connectivity index (χ2n) is 4.80. The number of ether oxygens (including phenoxy) is 1. The van der Waals surface area contributed by atoms with Gasteiger partial charge >= 0.3 is 0 Å². The largest absolute Gasteiger partial charge is 0.477 e. The van der Waals surface area contributed by atoms with Crippen LogP contribution in [0.2, 0.25) is 0 Å². The summed E-state index contributed by atoms with van der Waals surface area (Å²) in [5, 5.41) is 3.19. The molecule has 102 valence electrons. The van der Waals surface area contributed by atoms with Crippen LogP contribution in [-0.4, -0.2) is 23.1 Å². The number of anilines is 1. The van der Waals surface area contributed by atoms with E-state index < -0.39 is 0 Å². The summed E-state index contributed by atoms with van der Waals surface area (Å²) in [6, 6.07) is 1.88. The third-order valence-electron chi connectivity index (χ3n) is 2.66. The Morgan fingerprint density at radius 1 is 1.28 bits per heavy atom. The van der Waals surface area contributed by atoms with E-state index in [1.807, 2.05) is 13.0 Å². The van der Waals surface area contributed by atoms with Crippen molar-refractivity contribution in [3.05, 3.63) is 11.8 Å². The standard InChI is InChI=1S/C14H25N3O/c1-5-7-11(3)10-18-13-9-12(4)16-14(17-13)15-8-6-2/h9,11H,5-8,10H2,1-4H3,(H,15,16,17). The van der Waals surface area contributed by atoms with E-state index in [4.69, 9.17) is 4.74 Å². The highest BCUT2D eigenvalue weighted by Crippen LogP contribution is 2.14. The van der Waals surface area contributed by atoms with E-state index in [0.29, 0.717) is 17.7 Å². The first kappa shape index (κ1) is 14.7. The molecule has 4 nitrogen and oxygen atoms in total. The molecule has 0 saturated carbocycles. The molecule has 1 atom stereocenters. The van der Waals surface area contributed by atoms with Gasteiger partial charge in [0.15, 0.2) is 0 Å². The molecule has 0 spiro atoms. The van der Waals surface area contributed by atoms with Crippen molar-refractivity contribution < 1.29 is 4.74 Å². The summed E-state index contributed by atoms with van der Waals surface area (Å²) < 4.78 is 5.73. The van der Waals surface area contributed by atoms with Gasteiger partial charge in [-0.3, -0.25) is 0 Å². The third kappa shape index (κ3) is 5.34. The van der Waals surface area contributed by atoms with Crippen LogP contribution in [0.15, 0.2) is 6.07 Å². The number of hydrogen-bond acceptors (Lipinski definition) is 4. The Morgan fingerprint density at radius 2 is 2.06 bits per heavy atom. The van der Waals surface area contributed by atoms with Crippen LogP contribution in [0.4, 0.5) is 5.95 Å². The van der Waals surface area contributed by atoms with Gasteiger partial charge in [0.2, 0.25) is 11.8 Å². The first-order chi connectivity index (χ1) is 8.65. The van der Waals surface area contributed by atoms with E-state index in [2.05, 4.69) is 36.1 Å². The Morgan fingerprint density at radius 3 is 2.72 bits per heavy atom. The third-order valence-corrected chi connectivity index (χ3v) is 2.66. The van der Waals surface area contributed by atoms with E-state index in [1.165, 1.54) is 12.8 Å². The van der Waals surface area contributed by atoms with E-state index in [9.17, 15) is 0 Å². The van der Waals surface area contributed by atoms with E-state index in [1.54, 1.807) is 0 Å². The average molecular weight is 251 g/mol. The molecule has 4 heteroatoms. The zero-order chi connectivity index (χ0) is 13.4. The maximum atomic E-state index is 5.73. The maximum absolute atomic E-state index is 5.73. The van der Waals surface area contributed by atoms with Crippen LogP contribution in [0.1, 0.15) is 45.7 Å². The first-order valence-electron chi connectivity index (χ1n) is 6.88. The molecule has 1 unspecified atom stereocenters. The normalized spacial score (nSPS) is 12.2. The second kappa shape index (κ2) is 7.90. The molecule has 0 saturated heterocycles. The summed E-state index contributed by atoms with van der Waals surface area (Å²) in [5.41, 5.74) is 0.932. The van der Waals surface area contributed by atoms with Crippen molar-refractivity contribution in [3.8, 4) is 5.88 Å². The molecule has 0 bridgehead atoms. The number of aromatic nitrogens is 2. The van der Waals surface area contributed by atoms with Gasteiger partial charge in [0.25, 0.3) is 0 Å². The maximum Gasteiger partial charge on any atom is 0.226 e. The molecule has 0 aromatic carbocycles. The minimum Gasteiger partial charge on any atom is -0.477 e. The van der Waals surface area contributed by atoms with Gasteiger partial charge in [0.1, 0.15) is 0 Å². The Labute approximate surface area is 110 Å². The molecular weight excluding hydrogens is 226 g/mol. The monoisotopic (exact) mass is 251 g/mol. The summed E-state index contributed by atoms with van der Waals surface area (Å²) in [6.07, 6.45) is 3.43. The zero-order valence-electron chi connectivity index (χ0n) is 12.0. The Bertz CT molecular complexity index is 355. The molecule has 0 amide bonds. The van der Waals surface area contributed by atoms with E-state index in [-0.39, 0.29) is 0 Å². The van der Waals surface area contributed by atoms with Crippen LogP contribution in [-0.2, 0) is 0 Å². The molecule has 1 aromatic rings. The average Bonchev–Trinajstić information content (AvgIpc) is 2.34. The van der Waals surface area contributed by atoms with Crippen molar-refractivity contribution in [2.45, 2.75) is 47.0 Å². The van der Waals surface area contributed by atoms with Crippen molar-refractivity contribution in [2.24, 2.45) is 5.92 Å². The quantitative estimate of drug-likeness (QED) is 0.769. The molecule has 1 rings (SSSR count). The molecule has 18 heavy (non-hydrogen) atoms. The van der Waals surface area contributed by atoms with Crippen molar-refractivity contribution in [1.82, 2.24) is 9.97 Å². The fourth-order valence-electron chi connectivity index (χ4n) is 1.73. The van der Waals surface area contributed by atoms with Crippen LogP contribution < -0.4 is 10.1 Å². The lowest BCUT2D eigenvalue weighted by Crippen LogP contribution is -2.11. The summed E-state index contributed by atoms with van der Waals surface area (Å²) in [5.74, 6) is 1.90. The van der Waals surface area contributed by atoms with Gasteiger partial charge in [-0.2, -0.15) is 4.98 Å². The van der Waals surface area contributed by atoms with E-state index in [0.717, 1.165) is 25.3 Å². The van der Waals surface area contributed by atoms with Gasteiger partial charge in [0, 0.05) is 18.3 Å². The van der Waals surface area contributed by atoms with Crippen molar-refractivity contribution in [2.75, 3.05) is 18.5 Å². The van der Waals surface area contributed by atoms with E-state index >= 15 is 0 Å². The fourth-order valence-corrected chi connectivity index (χ4v) is 1.73. The van der Waals surface area contributed by atoms with Crippen LogP contribution >= 0.6 is 0 Å². The Hall–Kier alpha value is -1.32. The van der Waals surface area contributed by atoms with Gasteiger partial charge in [-0.05, 0) is 25.7 Å². The van der Waals surface area contributed by atoms with Gasteiger partial charge in [-0.25, -0.2) is 4.98 Å². The molecule has 1 N–H and O–H groups in total. The molecule has 1 aromatic heterocycles. The number of rotatable bonds is 8. The van der Waals surface area contributed by atoms with Crippen LogP contribution in [0, 0.1) is 12.8 Å². The molecule has 0 radical (unpaired) electrons. The summed E-state index contributed by atoms with van der Waals surface area (Å²) >= 11 is 0. The summed E-state index contributed by atoms with van der Waals surface area (Å²) in [6.45, 7) is 10.1. The van der Waals surface area contributed by atoms with Crippen molar-refractivity contribution in [3.63, 3.8) is 0 Å². The topological polar surface area (TPSA) is 47.0 Å². The highest BCUT2D eigenvalue weighted by Gasteiger charge is 2.05. The number of nitrogens with zero attached hydrogens (tertiary/aromatic N) is 2. The van der Waals surface area contributed by atoms with Crippen molar-refractivity contribution in [1.29, 1.82) is 0 Å². The minimum atomic E-state index is 0.567. The van der Waals surface area contributed by atoms with Crippen LogP contribution in [0.5, 0.6) is 5.88 Å². The van der Waals surface area contributed by atoms with Gasteiger partial charge in [0.05, 0.1) is 6.61 Å². The smallest absolute Gasteiger partial charge is 0.226 e. The molecule has 0 aliphatic heterocycles. The fraction of sp³-hybridized carbons (Fsp3) is 0.714. The van der Waals surface area contributed by atoms with Gasteiger partial charge in [-0.15, -0.1) is 0 Å². The molecule has 0 fully saturated rings. The predicted octanol–water partition coefficient (Wildman–Crippen LogP) is 3.42. The van der Waals surface area contributed by atoms with Crippen LogP contribution in [0.25, 0.3) is 0 Å². The lowest BCUT2D eigenvalue weighted by molar-refractivity contribution is 0.243. The lowest BCUT2D eigenvalue weighted by Gasteiger charge is -2.12.